The van der Waals surface area contributed by atoms with E-state index in [2.05, 4.69) is 6.92 Å². The number of aliphatic hydroxyl groups is 4. The van der Waals surface area contributed by atoms with Gasteiger partial charge in [-0.15, -0.1) is 0 Å². The van der Waals surface area contributed by atoms with Gasteiger partial charge in [0.05, 0.1) is 35.4 Å². The molecule has 0 unspecified atom stereocenters. The van der Waals surface area contributed by atoms with E-state index in [-0.39, 0.29) is 18.3 Å². The number of rotatable bonds is 4. The van der Waals surface area contributed by atoms with Gasteiger partial charge in [0.2, 0.25) is 0 Å². The minimum Gasteiger partial charge on any atom is -0.459 e. The summed E-state index contributed by atoms with van der Waals surface area (Å²) in [7, 11) is 3.41. The van der Waals surface area contributed by atoms with E-state index in [1.165, 1.54) is 7.11 Å². The number of carbonyl (C=O) groups excluding carboxylic acids is 1. The van der Waals surface area contributed by atoms with Gasteiger partial charge in [0, 0.05) is 26.1 Å². The molecular formula is C29H55NO9. The summed E-state index contributed by atoms with van der Waals surface area (Å²) >= 11 is 0. The maximum atomic E-state index is 13.5. The van der Waals surface area contributed by atoms with Crippen molar-refractivity contribution in [1.82, 2.24) is 4.90 Å². The van der Waals surface area contributed by atoms with Crippen LogP contribution in [0, 0.1) is 17.8 Å². The van der Waals surface area contributed by atoms with Crippen molar-refractivity contribution in [2.45, 2.75) is 141 Å². The number of aliphatic hydroxyl groups excluding tert-OH is 3. The first kappa shape index (κ1) is 34.4. The van der Waals surface area contributed by atoms with Crippen molar-refractivity contribution in [3.63, 3.8) is 0 Å². The molecule has 0 bridgehead atoms. The number of hydrogen-bond acceptors (Lipinski definition) is 10. The number of hydrogen-bond donors (Lipinski definition) is 4. The van der Waals surface area contributed by atoms with Crippen molar-refractivity contribution in [3.05, 3.63) is 0 Å². The minimum absolute atomic E-state index is 0.0946. The summed E-state index contributed by atoms with van der Waals surface area (Å²) in [5.41, 5.74) is -1.94. The number of likely N-dealkylation sites (N-methyl/N-ethyl adjacent to an activating group) is 1. The van der Waals surface area contributed by atoms with Crippen LogP contribution in [0.2, 0.25) is 0 Å². The van der Waals surface area contributed by atoms with Crippen LogP contribution in [-0.4, -0.2) is 112 Å². The van der Waals surface area contributed by atoms with E-state index in [1.807, 2.05) is 25.8 Å². The van der Waals surface area contributed by atoms with Crippen molar-refractivity contribution in [2.75, 3.05) is 20.7 Å². The monoisotopic (exact) mass is 561 g/mol. The second-order valence-corrected chi connectivity index (χ2v) is 12.9. The minimum atomic E-state index is -1.27. The average Bonchev–Trinajstić information content (AvgIpc) is 2.85. The van der Waals surface area contributed by atoms with Crippen LogP contribution in [0.15, 0.2) is 0 Å². The first-order chi connectivity index (χ1) is 18.0. The summed E-state index contributed by atoms with van der Waals surface area (Å²) in [5.74, 6) is -1.51. The topological polar surface area (TPSA) is 138 Å². The number of cyclic esters (lactones) is 1. The Morgan fingerprint density at radius 3 is 2.21 bits per heavy atom. The predicted octanol–water partition coefficient (Wildman–Crippen LogP) is 2.09. The predicted molar refractivity (Wildman–Crippen MR) is 147 cm³/mol. The molecule has 2 fully saturated rings. The Hall–Kier alpha value is -0.850. The van der Waals surface area contributed by atoms with E-state index < -0.39 is 72.0 Å². The highest BCUT2D eigenvalue weighted by atomic mass is 16.7. The number of nitrogens with zero attached hydrogens (tertiary/aromatic N) is 1. The SMILES string of the molecule is CC[C@H]1OC(=O)[C@H](C)[C@@H](O[C@H]2C[C@@](C)(OC)[C@@H](O)[C@H](C)O2)[C@H](C)C[C@](C)(O)C[C@@H](C)CN(C)[C@H](C)[C@@H](O)[C@@H]1O. The molecule has 0 aromatic rings. The standard InChI is InChI=1S/C29H55NO9/c1-11-21-24(32)23(31)19(5)30(9)15-16(2)12-28(7,35)13-17(3)25(18(4)27(34)38-21)39-22-14-29(8,36-10)26(33)20(6)37-22/h16-26,31-33,35H,11-15H2,1-10H3/t16-,17-,18-,19-,20+,21-,22+,23-,24-,25+,26+,28-,29-/m1/s1. The third kappa shape index (κ3) is 8.58. The Kier molecular flexibility index (Phi) is 12.2. The van der Waals surface area contributed by atoms with Crippen LogP contribution >= 0.6 is 0 Å². The van der Waals surface area contributed by atoms with Crippen LogP contribution in [0.4, 0.5) is 0 Å². The fourth-order valence-corrected chi connectivity index (χ4v) is 6.43. The molecule has 2 rings (SSSR count). The molecule has 230 valence electrons. The van der Waals surface area contributed by atoms with Crippen molar-refractivity contribution in [3.8, 4) is 0 Å². The molecule has 2 aliphatic rings. The number of carbonyl (C=O) groups is 1. The Labute approximate surface area is 234 Å². The van der Waals surface area contributed by atoms with Crippen molar-refractivity contribution < 1.29 is 44.2 Å². The van der Waals surface area contributed by atoms with Crippen molar-refractivity contribution in [2.24, 2.45) is 17.8 Å². The molecule has 13 atom stereocenters. The number of esters is 1. The highest BCUT2D eigenvalue weighted by Gasteiger charge is 2.47. The van der Waals surface area contributed by atoms with Gasteiger partial charge >= 0.3 is 5.97 Å². The maximum absolute atomic E-state index is 13.5. The average molecular weight is 562 g/mol. The zero-order valence-electron chi connectivity index (χ0n) is 25.7. The maximum Gasteiger partial charge on any atom is 0.311 e. The van der Waals surface area contributed by atoms with Crippen LogP contribution in [0.5, 0.6) is 0 Å². The molecule has 0 aromatic carbocycles. The lowest BCUT2D eigenvalue weighted by Gasteiger charge is -2.46. The van der Waals surface area contributed by atoms with Gasteiger partial charge in [0.25, 0.3) is 0 Å². The summed E-state index contributed by atoms with van der Waals surface area (Å²) in [6.07, 6.45) is -4.72. The van der Waals surface area contributed by atoms with E-state index in [1.54, 1.807) is 34.6 Å². The largest absolute Gasteiger partial charge is 0.459 e. The lowest BCUT2D eigenvalue weighted by atomic mass is 9.80. The zero-order valence-corrected chi connectivity index (χ0v) is 25.7. The summed E-state index contributed by atoms with van der Waals surface area (Å²) in [6.45, 7) is 15.3. The molecule has 0 amide bonds. The van der Waals surface area contributed by atoms with Crippen LogP contribution in [0.1, 0.15) is 81.1 Å². The quantitative estimate of drug-likeness (QED) is 0.378. The molecule has 0 aromatic heterocycles. The summed E-state index contributed by atoms with van der Waals surface area (Å²) in [4.78, 5) is 15.4. The molecule has 10 nitrogen and oxygen atoms in total. The summed E-state index contributed by atoms with van der Waals surface area (Å²) in [6, 6.07) is -0.395. The smallest absolute Gasteiger partial charge is 0.311 e. The van der Waals surface area contributed by atoms with E-state index in [4.69, 9.17) is 18.9 Å². The van der Waals surface area contributed by atoms with Crippen LogP contribution in [0.3, 0.4) is 0 Å². The van der Waals surface area contributed by atoms with Gasteiger partial charge in [-0.3, -0.25) is 4.79 Å². The van der Waals surface area contributed by atoms with Gasteiger partial charge in [0.15, 0.2) is 6.29 Å². The fourth-order valence-electron chi connectivity index (χ4n) is 6.43. The highest BCUT2D eigenvalue weighted by Crippen LogP contribution is 2.37. The van der Waals surface area contributed by atoms with Crippen LogP contribution in [-0.2, 0) is 23.7 Å². The van der Waals surface area contributed by atoms with Gasteiger partial charge in [-0.1, -0.05) is 20.8 Å². The Morgan fingerprint density at radius 1 is 1.03 bits per heavy atom. The van der Waals surface area contributed by atoms with Crippen molar-refractivity contribution in [1.29, 1.82) is 0 Å². The Bertz CT molecular complexity index is 782. The Morgan fingerprint density at radius 2 is 1.64 bits per heavy atom. The van der Waals surface area contributed by atoms with Gasteiger partial charge < -0.3 is 44.3 Å². The van der Waals surface area contributed by atoms with E-state index in [9.17, 15) is 25.2 Å². The van der Waals surface area contributed by atoms with Gasteiger partial charge in [-0.25, -0.2) is 0 Å². The normalized spacial score (nSPS) is 48.2. The van der Waals surface area contributed by atoms with Crippen molar-refractivity contribution >= 4 is 5.97 Å². The molecule has 2 aliphatic heterocycles. The summed E-state index contributed by atoms with van der Waals surface area (Å²) in [5, 5.41) is 44.0. The van der Waals surface area contributed by atoms with Gasteiger partial charge in [0.1, 0.15) is 18.3 Å². The molecule has 2 heterocycles. The van der Waals surface area contributed by atoms with Crippen LogP contribution in [0.25, 0.3) is 0 Å². The first-order valence-corrected chi connectivity index (χ1v) is 14.5. The van der Waals surface area contributed by atoms with E-state index in [0.29, 0.717) is 25.8 Å². The highest BCUT2D eigenvalue weighted by molar-refractivity contribution is 5.73. The van der Waals surface area contributed by atoms with Gasteiger partial charge in [-0.05, 0) is 72.8 Å². The van der Waals surface area contributed by atoms with E-state index >= 15 is 0 Å². The molecule has 0 spiro atoms. The molecule has 10 heteroatoms. The molecule has 0 saturated carbocycles. The fraction of sp³-hybridized carbons (Fsp3) is 0.966. The molecule has 4 N–H and O–H groups in total. The molecule has 0 aliphatic carbocycles. The molecule has 0 radical (unpaired) electrons. The summed E-state index contributed by atoms with van der Waals surface area (Å²) < 4.78 is 23.8. The van der Waals surface area contributed by atoms with Crippen LogP contribution < -0.4 is 0 Å². The lowest BCUT2D eigenvalue weighted by molar-refractivity contribution is -0.296. The number of ether oxygens (including phenoxy) is 4. The second kappa shape index (κ2) is 13.9. The first-order valence-electron chi connectivity index (χ1n) is 14.5. The molecule has 39 heavy (non-hydrogen) atoms. The Balaban J connectivity index is 2.42. The third-order valence-electron chi connectivity index (χ3n) is 8.95. The molecule has 2 saturated heterocycles. The van der Waals surface area contributed by atoms with Gasteiger partial charge in [-0.2, -0.15) is 0 Å². The third-order valence-corrected chi connectivity index (χ3v) is 8.95. The number of methoxy groups -OCH3 is 1. The lowest BCUT2D eigenvalue weighted by Crippen LogP contribution is -2.57. The second-order valence-electron chi connectivity index (χ2n) is 12.9. The van der Waals surface area contributed by atoms with E-state index in [0.717, 1.165) is 0 Å². The molecular weight excluding hydrogens is 506 g/mol. The zero-order chi connectivity index (χ0) is 29.9.